The molecule has 1 N–H and O–H groups in total. The van der Waals surface area contributed by atoms with Crippen LogP contribution in [0.1, 0.15) is 30.4 Å². The van der Waals surface area contributed by atoms with Gasteiger partial charge in [-0.25, -0.2) is 15.0 Å². The SMILES string of the molecule is Cc1nc(Nc2ccccn2)cc([C@H]2CCCN2C(=O)/C=C/CN(C)C)n1. The van der Waals surface area contributed by atoms with Crippen LogP contribution in [-0.4, -0.2) is 57.8 Å². The van der Waals surface area contributed by atoms with Crippen LogP contribution < -0.4 is 5.32 Å². The van der Waals surface area contributed by atoms with Gasteiger partial charge in [0.15, 0.2) is 0 Å². The Labute approximate surface area is 160 Å². The molecule has 0 aromatic carbocycles. The number of amides is 1. The average molecular weight is 366 g/mol. The van der Waals surface area contributed by atoms with Crippen molar-refractivity contribution in [3.8, 4) is 0 Å². The van der Waals surface area contributed by atoms with Gasteiger partial charge in [-0.1, -0.05) is 12.1 Å². The van der Waals surface area contributed by atoms with Crippen molar-refractivity contribution in [3.63, 3.8) is 0 Å². The van der Waals surface area contributed by atoms with E-state index in [4.69, 9.17) is 0 Å². The molecule has 1 aliphatic heterocycles. The normalized spacial score (nSPS) is 17.0. The maximum absolute atomic E-state index is 12.6. The van der Waals surface area contributed by atoms with Crippen LogP contribution in [-0.2, 0) is 4.79 Å². The molecule has 0 radical (unpaired) electrons. The third-order valence-corrected chi connectivity index (χ3v) is 4.39. The maximum atomic E-state index is 12.6. The third-order valence-electron chi connectivity index (χ3n) is 4.39. The van der Waals surface area contributed by atoms with Gasteiger partial charge in [-0.3, -0.25) is 4.79 Å². The Morgan fingerprint density at radius 2 is 2.19 bits per heavy atom. The van der Waals surface area contributed by atoms with Crippen LogP contribution in [0.3, 0.4) is 0 Å². The number of nitrogens with zero attached hydrogens (tertiary/aromatic N) is 5. The molecule has 2 aromatic rings. The van der Waals surface area contributed by atoms with Crippen molar-refractivity contribution in [3.05, 3.63) is 54.1 Å². The largest absolute Gasteiger partial charge is 0.331 e. The molecule has 0 spiro atoms. The number of aryl methyl sites for hydroxylation is 1. The molecular weight excluding hydrogens is 340 g/mol. The fourth-order valence-corrected chi connectivity index (χ4v) is 3.19. The number of aromatic nitrogens is 3. The van der Waals surface area contributed by atoms with Gasteiger partial charge in [0.1, 0.15) is 17.5 Å². The number of anilines is 2. The second-order valence-corrected chi connectivity index (χ2v) is 6.92. The fourth-order valence-electron chi connectivity index (χ4n) is 3.19. The lowest BCUT2D eigenvalue weighted by Crippen LogP contribution is -2.30. The fraction of sp³-hybridized carbons (Fsp3) is 0.400. The van der Waals surface area contributed by atoms with Crippen molar-refractivity contribution < 1.29 is 4.79 Å². The van der Waals surface area contributed by atoms with E-state index in [2.05, 4.69) is 20.3 Å². The number of carbonyl (C=O) groups is 1. The van der Waals surface area contributed by atoms with E-state index in [9.17, 15) is 4.79 Å². The molecule has 1 atom stereocenters. The Morgan fingerprint density at radius 3 is 2.93 bits per heavy atom. The van der Waals surface area contributed by atoms with Gasteiger partial charge in [-0.2, -0.15) is 0 Å². The molecule has 7 nitrogen and oxygen atoms in total. The zero-order valence-electron chi connectivity index (χ0n) is 16.1. The quantitative estimate of drug-likeness (QED) is 0.793. The summed E-state index contributed by atoms with van der Waals surface area (Å²) in [7, 11) is 3.96. The van der Waals surface area contributed by atoms with Gasteiger partial charge in [0.05, 0.1) is 11.7 Å². The van der Waals surface area contributed by atoms with Crippen molar-refractivity contribution in [1.29, 1.82) is 0 Å². The Balaban J connectivity index is 1.78. The van der Waals surface area contributed by atoms with E-state index in [1.54, 1.807) is 12.3 Å². The van der Waals surface area contributed by atoms with Gasteiger partial charge in [-0.05, 0) is 46.0 Å². The highest BCUT2D eigenvalue weighted by atomic mass is 16.2. The smallest absolute Gasteiger partial charge is 0.246 e. The molecule has 27 heavy (non-hydrogen) atoms. The van der Waals surface area contributed by atoms with Gasteiger partial charge < -0.3 is 15.1 Å². The van der Waals surface area contributed by atoms with E-state index in [-0.39, 0.29) is 11.9 Å². The first kappa shape index (κ1) is 19.0. The number of likely N-dealkylation sites (tertiary alicyclic amines) is 1. The van der Waals surface area contributed by atoms with E-state index in [1.807, 2.05) is 61.2 Å². The van der Waals surface area contributed by atoms with Gasteiger partial charge in [0, 0.05) is 31.4 Å². The van der Waals surface area contributed by atoms with Crippen LogP contribution in [0, 0.1) is 6.92 Å². The van der Waals surface area contributed by atoms with Crippen molar-refractivity contribution in [2.45, 2.75) is 25.8 Å². The van der Waals surface area contributed by atoms with E-state index < -0.39 is 0 Å². The van der Waals surface area contributed by atoms with Crippen LogP contribution in [0.15, 0.2) is 42.6 Å². The van der Waals surface area contributed by atoms with E-state index in [0.29, 0.717) is 11.6 Å². The van der Waals surface area contributed by atoms with E-state index in [1.165, 1.54) is 0 Å². The summed E-state index contributed by atoms with van der Waals surface area (Å²) in [6.07, 6.45) is 7.18. The Hall–Kier alpha value is -2.80. The predicted octanol–water partition coefficient (Wildman–Crippen LogP) is 2.70. The van der Waals surface area contributed by atoms with E-state index in [0.717, 1.165) is 37.4 Å². The highest BCUT2D eigenvalue weighted by Crippen LogP contribution is 2.32. The zero-order chi connectivity index (χ0) is 19.2. The standard InChI is InChI=1S/C20H26N6O/c1-15-22-16(14-19(23-15)24-18-9-4-5-11-21-18)17-8-6-13-26(17)20(27)10-7-12-25(2)3/h4-5,7,9-11,14,17H,6,8,12-13H2,1-3H3,(H,21,22,23,24)/b10-7+/t17-/m1/s1. The molecule has 0 unspecified atom stereocenters. The molecule has 2 aromatic heterocycles. The Bertz CT molecular complexity index is 805. The summed E-state index contributed by atoms with van der Waals surface area (Å²) in [5.74, 6) is 2.13. The molecule has 3 rings (SSSR count). The molecule has 1 amide bonds. The van der Waals surface area contributed by atoms with Crippen molar-refractivity contribution in [2.24, 2.45) is 0 Å². The summed E-state index contributed by atoms with van der Waals surface area (Å²) < 4.78 is 0. The molecule has 1 fully saturated rings. The van der Waals surface area contributed by atoms with Gasteiger partial charge in [-0.15, -0.1) is 0 Å². The summed E-state index contributed by atoms with van der Waals surface area (Å²) in [5.41, 5.74) is 0.868. The number of hydrogen-bond acceptors (Lipinski definition) is 6. The maximum Gasteiger partial charge on any atom is 0.246 e. The minimum Gasteiger partial charge on any atom is -0.331 e. The monoisotopic (exact) mass is 366 g/mol. The van der Waals surface area contributed by atoms with Crippen molar-refractivity contribution in [1.82, 2.24) is 24.8 Å². The van der Waals surface area contributed by atoms with Crippen molar-refractivity contribution in [2.75, 3.05) is 32.5 Å². The number of nitrogens with one attached hydrogen (secondary N) is 1. The molecule has 142 valence electrons. The molecule has 0 aliphatic carbocycles. The lowest BCUT2D eigenvalue weighted by atomic mass is 10.1. The lowest BCUT2D eigenvalue weighted by molar-refractivity contribution is -0.127. The molecule has 3 heterocycles. The van der Waals surface area contributed by atoms with Crippen LogP contribution in [0.2, 0.25) is 0 Å². The summed E-state index contributed by atoms with van der Waals surface area (Å²) in [4.78, 5) is 29.9. The molecule has 0 bridgehead atoms. The average Bonchev–Trinajstić information content (AvgIpc) is 3.11. The molecule has 7 heteroatoms. The van der Waals surface area contributed by atoms with Gasteiger partial charge >= 0.3 is 0 Å². The predicted molar refractivity (Wildman–Crippen MR) is 106 cm³/mol. The molecule has 1 saturated heterocycles. The van der Waals surface area contributed by atoms with E-state index >= 15 is 0 Å². The van der Waals surface area contributed by atoms with Gasteiger partial charge in [0.2, 0.25) is 5.91 Å². The molecule has 0 saturated carbocycles. The lowest BCUT2D eigenvalue weighted by Gasteiger charge is -2.23. The van der Waals surface area contributed by atoms with Crippen molar-refractivity contribution >= 4 is 17.5 Å². The second kappa shape index (κ2) is 8.73. The van der Waals surface area contributed by atoms with Crippen LogP contribution >= 0.6 is 0 Å². The summed E-state index contributed by atoms with van der Waals surface area (Å²) in [6.45, 7) is 3.36. The number of pyridine rings is 1. The minimum absolute atomic E-state index is 0.0208. The van der Waals surface area contributed by atoms with Crippen LogP contribution in [0.4, 0.5) is 11.6 Å². The molecule has 1 aliphatic rings. The summed E-state index contributed by atoms with van der Waals surface area (Å²) in [5, 5.41) is 3.21. The summed E-state index contributed by atoms with van der Waals surface area (Å²) in [6, 6.07) is 7.57. The number of rotatable bonds is 6. The minimum atomic E-state index is -0.0208. The van der Waals surface area contributed by atoms with Crippen LogP contribution in [0.25, 0.3) is 0 Å². The number of carbonyl (C=O) groups excluding carboxylic acids is 1. The first-order valence-corrected chi connectivity index (χ1v) is 9.18. The Kier molecular flexibility index (Phi) is 6.13. The third kappa shape index (κ3) is 5.10. The highest BCUT2D eigenvalue weighted by Gasteiger charge is 2.30. The Morgan fingerprint density at radius 1 is 1.33 bits per heavy atom. The number of likely N-dealkylation sites (N-methyl/N-ethyl adjacent to an activating group) is 1. The number of hydrogen-bond donors (Lipinski definition) is 1. The topological polar surface area (TPSA) is 74.2 Å². The first-order valence-electron chi connectivity index (χ1n) is 9.18. The van der Waals surface area contributed by atoms with Crippen LogP contribution in [0.5, 0.6) is 0 Å². The first-order chi connectivity index (χ1) is 13.0. The highest BCUT2D eigenvalue weighted by molar-refractivity contribution is 5.88. The molecular formula is C20H26N6O. The van der Waals surface area contributed by atoms with Gasteiger partial charge in [0.25, 0.3) is 0 Å². The second-order valence-electron chi connectivity index (χ2n) is 6.92. The zero-order valence-corrected chi connectivity index (χ0v) is 16.1. The summed E-state index contributed by atoms with van der Waals surface area (Å²) >= 11 is 0.